The average molecular weight is 248 g/mol. The highest BCUT2D eigenvalue weighted by molar-refractivity contribution is 5.96. The van der Waals surface area contributed by atoms with E-state index in [0.717, 1.165) is 17.7 Å². The molecule has 0 aliphatic heterocycles. The van der Waals surface area contributed by atoms with Crippen molar-refractivity contribution >= 4 is 17.5 Å². The molecule has 0 spiro atoms. The summed E-state index contributed by atoms with van der Waals surface area (Å²) in [5.41, 5.74) is 2.27. The molecule has 0 atom stereocenters. The first-order chi connectivity index (χ1) is 8.58. The molecule has 0 aromatic heterocycles. The zero-order chi connectivity index (χ0) is 13.5. The van der Waals surface area contributed by atoms with Crippen molar-refractivity contribution in [1.29, 1.82) is 0 Å². The highest BCUT2D eigenvalue weighted by Gasteiger charge is 2.08. The van der Waals surface area contributed by atoms with Crippen molar-refractivity contribution in [3.63, 3.8) is 0 Å². The van der Waals surface area contributed by atoms with Crippen molar-refractivity contribution in [2.45, 2.75) is 33.6 Å². The number of carbonyl (C=O) groups excluding carboxylic acids is 2. The van der Waals surface area contributed by atoms with Crippen LogP contribution in [0.1, 0.15) is 42.6 Å². The summed E-state index contributed by atoms with van der Waals surface area (Å²) in [5.74, 6) is -0.0848. The van der Waals surface area contributed by atoms with Crippen LogP contribution in [0.3, 0.4) is 0 Å². The Labute approximate surface area is 108 Å². The van der Waals surface area contributed by atoms with Gasteiger partial charge in [-0.15, -0.1) is 0 Å². The third kappa shape index (κ3) is 3.87. The van der Waals surface area contributed by atoms with Gasteiger partial charge in [0.1, 0.15) is 0 Å². The molecule has 0 saturated carbocycles. The number of aryl methyl sites for hydroxylation is 1. The van der Waals surface area contributed by atoms with Gasteiger partial charge < -0.3 is 10.6 Å². The Kier molecular flexibility index (Phi) is 5.36. The number of hydrogen-bond donors (Lipinski definition) is 2. The van der Waals surface area contributed by atoms with Crippen LogP contribution in [0.4, 0.5) is 5.69 Å². The molecular weight excluding hydrogens is 228 g/mol. The molecule has 0 saturated heterocycles. The lowest BCUT2D eigenvalue weighted by atomic mass is 10.1. The number of hydrogen-bond acceptors (Lipinski definition) is 2. The summed E-state index contributed by atoms with van der Waals surface area (Å²) in [7, 11) is 0. The molecule has 2 N–H and O–H groups in total. The summed E-state index contributed by atoms with van der Waals surface area (Å²) in [6.45, 7) is 6.33. The topological polar surface area (TPSA) is 58.2 Å². The normalized spacial score (nSPS) is 9.94. The summed E-state index contributed by atoms with van der Waals surface area (Å²) in [6.07, 6.45) is 1.33. The van der Waals surface area contributed by atoms with Gasteiger partial charge in [0.25, 0.3) is 5.91 Å². The zero-order valence-corrected chi connectivity index (χ0v) is 11.2. The molecule has 2 amide bonds. The molecule has 1 rings (SSSR count). The first-order valence-electron chi connectivity index (χ1n) is 6.27. The van der Waals surface area contributed by atoms with Gasteiger partial charge in [0.15, 0.2) is 0 Å². The van der Waals surface area contributed by atoms with Crippen LogP contribution in [0.5, 0.6) is 0 Å². The van der Waals surface area contributed by atoms with Gasteiger partial charge in [0.2, 0.25) is 5.91 Å². The highest BCUT2D eigenvalue weighted by Crippen LogP contribution is 2.17. The molecule has 0 bridgehead atoms. The van der Waals surface area contributed by atoms with Gasteiger partial charge in [-0.1, -0.05) is 6.92 Å². The number of amides is 2. The van der Waals surface area contributed by atoms with Crippen LogP contribution in [0, 0.1) is 6.92 Å². The Bertz CT molecular complexity index is 441. The molecule has 1 aromatic carbocycles. The molecule has 4 nitrogen and oxygen atoms in total. The fourth-order valence-electron chi connectivity index (χ4n) is 1.65. The lowest BCUT2D eigenvalue weighted by molar-refractivity contribution is -0.116. The lowest BCUT2D eigenvalue weighted by Crippen LogP contribution is -2.22. The van der Waals surface area contributed by atoms with E-state index in [2.05, 4.69) is 10.6 Å². The SMILES string of the molecule is CCCC(=O)Nc1ccc(C(=O)NCC)cc1C. The second kappa shape index (κ2) is 6.79. The summed E-state index contributed by atoms with van der Waals surface area (Å²) in [5, 5.41) is 5.58. The number of carbonyl (C=O) groups is 2. The maximum Gasteiger partial charge on any atom is 0.251 e. The van der Waals surface area contributed by atoms with Crippen molar-refractivity contribution in [3.05, 3.63) is 29.3 Å². The minimum absolute atomic E-state index is 0.00589. The van der Waals surface area contributed by atoms with E-state index in [9.17, 15) is 9.59 Å². The van der Waals surface area contributed by atoms with E-state index in [1.54, 1.807) is 18.2 Å². The Morgan fingerprint density at radius 1 is 1.22 bits per heavy atom. The van der Waals surface area contributed by atoms with E-state index >= 15 is 0 Å². The van der Waals surface area contributed by atoms with Crippen LogP contribution >= 0.6 is 0 Å². The number of rotatable bonds is 5. The first-order valence-corrected chi connectivity index (χ1v) is 6.27. The molecular formula is C14H20N2O2. The summed E-state index contributed by atoms with van der Waals surface area (Å²) >= 11 is 0. The van der Waals surface area contributed by atoms with E-state index in [-0.39, 0.29) is 11.8 Å². The predicted molar refractivity (Wildman–Crippen MR) is 72.7 cm³/mol. The lowest BCUT2D eigenvalue weighted by Gasteiger charge is -2.10. The molecule has 1 aromatic rings. The van der Waals surface area contributed by atoms with Crippen LogP contribution < -0.4 is 10.6 Å². The maximum absolute atomic E-state index is 11.6. The van der Waals surface area contributed by atoms with Crippen molar-refractivity contribution in [2.24, 2.45) is 0 Å². The average Bonchev–Trinajstić information content (AvgIpc) is 2.32. The Balaban J connectivity index is 2.79. The third-order valence-corrected chi connectivity index (χ3v) is 2.58. The quantitative estimate of drug-likeness (QED) is 0.841. The van der Waals surface area contributed by atoms with Gasteiger partial charge >= 0.3 is 0 Å². The fraction of sp³-hybridized carbons (Fsp3) is 0.429. The zero-order valence-electron chi connectivity index (χ0n) is 11.2. The molecule has 0 aliphatic carbocycles. The Morgan fingerprint density at radius 3 is 2.50 bits per heavy atom. The highest BCUT2D eigenvalue weighted by atomic mass is 16.2. The smallest absolute Gasteiger partial charge is 0.251 e. The van der Waals surface area contributed by atoms with Crippen LogP contribution in [-0.2, 0) is 4.79 Å². The summed E-state index contributed by atoms with van der Waals surface area (Å²) < 4.78 is 0. The number of nitrogens with one attached hydrogen (secondary N) is 2. The van der Waals surface area contributed by atoms with Gasteiger partial charge in [-0.3, -0.25) is 9.59 Å². The molecule has 4 heteroatoms. The molecule has 0 fully saturated rings. The van der Waals surface area contributed by atoms with E-state index in [0.29, 0.717) is 18.5 Å². The Morgan fingerprint density at radius 2 is 1.94 bits per heavy atom. The molecule has 0 radical (unpaired) electrons. The second-order valence-corrected chi connectivity index (χ2v) is 4.19. The van der Waals surface area contributed by atoms with E-state index < -0.39 is 0 Å². The second-order valence-electron chi connectivity index (χ2n) is 4.19. The molecule has 0 aliphatic rings. The van der Waals surface area contributed by atoms with Crippen LogP contribution in [0.2, 0.25) is 0 Å². The first kappa shape index (κ1) is 14.2. The van der Waals surface area contributed by atoms with Crippen LogP contribution in [0.25, 0.3) is 0 Å². The summed E-state index contributed by atoms with van der Waals surface area (Å²) in [4.78, 5) is 23.1. The fourth-order valence-corrected chi connectivity index (χ4v) is 1.65. The molecule has 18 heavy (non-hydrogen) atoms. The summed E-state index contributed by atoms with van der Waals surface area (Å²) in [6, 6.07) is 5.28. The monoisotopic (exact) mass is 248 g/mol. The van der Waals surface area contributed by atoms with Gasteiger partial charge in [0.05, 0.1) is 0 Å². The predicted octanol–water partition coefficient (Wildman–Crippen LogP) is 2.48. The minimum atomic E-state index is -0.0907. The minimum Gasteiger partial charge on any atom is -0.352 e. The van der Waals surface area contributed by atoms with E-state index in [1.807, 2.05) is 20.8 Å². The molecule has 98 valence electrons. The van der Waals surface area contributed by atoms with Crippen LogP contribution in [0.15, 0.2) is 18.2 Å². The van der Waals surface area contributed by atoms with Crippen molar-refractivity contribution < 1.29 is 9.59 Å². The van der Waals surface area contributed by atoms with Crippen molar-refractivity contribution in [2.75, 3.05) is 11.9 Å². The molecule has 0 heterocycles. The maximum atomic E-state index is 11.6. The third-order valence-electron chi connectivity index (χ3n) is 2.58. The van der Waals surface area contributed by atoms with Gasteiger partial charge in [-0.2, -0.15) is 0 Å². The number of anilines is 1. The van der Waals surface area contributed by atoms with Crippen molar-refractivity contribution in [3.8, 4) is 0 Å². The van der Waals surface area contributed by atoms with Gasteiger partial charge in [0, 0.05) is 24.2 Å². The largest absolute Gasteiger partial charge is 0.352 e. The van der Waals surface area contributed by atoms with Crippen LogP contribution in [-0.4, -0.2) is 18.4 Å². The van der Waals surface area contributed by atoms with E-state index in [4.69, 9.17) is 0 Å². The number of benzene rings is 1. The van der Waals surface area contributed by atoms with Crippen molar-refractivity contribution in [1.82, 2.24) is 5.32 Å². The van der Waals surface area contributed by atoms with Gasteiger partial charge in [-0.25, -0.2) is 0 Å². The van der Waals surface area contributed by atoms with E-state index in [1.165, 1.54) is 0 Å². The van der Waals surface area contributed by atoms with Gasteiger partial charge in [-0.05, 0) is 44.0 Å². The molecule has 0 unspecified atom stereocenters. The standard InChI is InChI=1S/C14H20N2O2/c1-4-6-13(17)16-12-8-7-11(9-10(12)3)14(18)15-5-2/h7-9H,4-6H2,1-3H3,(H,15,18)(H,16,17). The Hall–Kier alpha value is -1.84.